The lowest BCUT2D eigenvalue weighted by molar-refractivity contribution is 0.191. The molecule has 4 nitrogen and oxygen atoms in total. The number of aliphatic imine (C=N–C) groups is 1. The van der Waals surface area contributed by atoms with Gasteiger partial charge >= 0.3 is 0 Å². The van der Waals surface area contributed by atoms with Crippen LogP contribution in [0.1, 0.15) is 22.8 Å². The summed E-state index contributed by atoms with van der Waals surface area (Å²) in [7, 11) is 0. The van der Waals surface area contributed by atoms with Gasteiger partial charge in [0, 0.05) is 22.8 Å². The zero-order valence-electron chi connectivity index (χ0n) is 12.7. The van der Waals surface area contributed by atoms with Crippen molar-refractivity contribution < 1.29 is 5.11 Å². The standard InChI is InChI=1S/C15H19Cl2N3OS2/c1-2-18-15(19-8-7-10-3-5-13(16)22-10)20-9-11(21)12-4-6-14(17)23-12/h3-6,11,21H,2,7-9H2,1H3,(H2,18,19,20). The molecule has 0 fully saturated rings. The van der Waals surface area contributed by atoms with Crippen LogP contribution in [0.5, 0.6) is 0 Å². The van der Waals surface area contributed by atoms with E-state index in [-0.39, 0.29) is 6.54 Å². The molecule has 126 valence electrons. The van der Waals surface area contributed by atoms with Crippen LogP contribution in [0.4, 0.5) is 0 Å². The van der Waals surface area contributed by atoms with Crippen LogP contribution in [0.15, 0.2) is 29.3 Å². The molecule has 2 aromatic rings. The summed E-state index contributed by atoms with van der Waals surface area (Å²) >= 11 is 14.8. The average Bonchev–Trinajstić information content (AvgIpc) is 3.13. The molecule has 0 aliphatic carbocycles. The minimum Gasteiger partial charge on any atom is -0.386 e. The molecule has 0 radical (unpaired) electrons. The van der Waals surface area contributed by atoms with Crippen LogP contribution in [0.2, 0.25) is 8.67 Å². The van der Waals surface area contributed by atoms with Crippen LogP contribution in [-0.2, 0) is 6.42 Å². The predicted octanol–water partition coefficient (Wildman–Crippen LogP) is 3.95. The van der Waals surface area contributed by atoms with Gasteiger partial charge in [0.2, 0.25) is 0 Å². The summed E-state index contributed by atoms with van der Waals surface area (Å²) in [5.41, 5.74) is 0. The van der Waals surface area contributed by atoms with Gasteiger partial charge in [-0.15, -0.1) is 22.7 Å². The van der Waals surface area contributed by atoms with E-state index in [4.69, 9.17) is 23.2 Å². The van der Waals surface area contributed by atoms with E-state index in [0.29, 0.717) is 10.3 Å². The molecule has 3 N–H and O–H groups in total. The molecule has 0 spiro atoms. The van der Waals surface area contributed by atoms with Gasteiger partial charge in [0.25, 0.3) is 0 Å². The van der Waals surface area contributed by atoms with Gasteiger partial charge in [-0.1, -0.05) is 23.2 Å². The van der Waals surface area contributed by atoms with Crippen molar-refractivity contribution in [2.45, 2.75) is 19.4 Å². The number of hydrogen-bond donors (Lipinski definition) is 3. The highest BCUT2D eigenvalue weighted by Gasteiger charge is 2.10. The highest BCUT2D eigenvalue weighted by atomic mass is 35.5. The topological polar surface area (TPSA) is 56.7 Å². The smallest absolute Gasteiger partial charge is 0.191 e. The molecule has 0 aliphatic heterocycles. The molecule has 0 saturated carbocycles. The van der Waals surface area contributed by atoms with Crippen molar-refractivity contribution >= 4 is 51.8 Å². The van der Waals surface area contributed by atoms with Crippen LogP contribution >= 0.6 is 45.9 Å². The van der Waals surface area contributed by atoms with Gasteiger partial charge in [0.05, 0.1) is 15.2 Å². The largest absolute Gasteiger partial charge is 0.386 e. The Kier molecular flexibility index (Phi) is 7.65. The maximum absolute atomic E-state index is 10.1. The summed E-state index contributed by atoms with van der Waals surface area (Å²) in [5, 5.41) is 16.6. The van der Waals surface area contributed by atoms with E-state index in [9.17, 15) is 5.11 Å². The third kappa shape index (κ3) is 6.31. The fourth-order valence-corrected chi connectivity index (χ4v) is 4.03. The predicted molar refractivity (Wildman–Crippen MR) is 101 cm³/mol. The zero-order chi connectivity index (χ0) is 16.7. The van der Waals surface area contributed by atoms with Crippen molar-refractivity contribution in [1.82, 2.24) is 10.6 Å². The summed E-state index contributed by atoms with van der Waals surface area (Å²) in [4.78, 5) is 6.47. The Morgan fingerprint density at radius 2 is 1.91 bits per heavy atom. The minimum atomic E-state index is -0.640. The van der Waals surface area contributed by atoms with E-state index < -0.39 is 6.10 Å². The third-order valence-electron chi connectivity index (χ3n) is 2.98. The second kappa shape index (κ2) is 9.49. The molecular formula is C15H19Cl2N3OS2. The van der Waals surface area contributed by atoms with Crippen molar-refractivity contribution in [2.75, 3.05) is 19.6 Å². The normalized spacial score (nSPS) is 13.1. The maximum Gasteiger partial charge on any atom is 0.191 e. The number of guanidine groups is 1. The van der Waals surface area contributed by atoms with E-state index >= 15 is 0 Å². The molecular weight excluding hydrogens is 373 g/mol. The Labute approximate surface area is 154 Å². The van der Waals surface area contributed by atoms with E-state index in [1.165, 1.54) is 16.2 Å². The van der Waals surface area contributed by atoms with Crippen LogP contribution < -0.4 is 10.6 Å². The summed E-state index contributed by atoms with van der Waals surface area (Å²) < 4.78 is 1.47. The van der Waals surface area contributed by atoms with Crippen LogP contribution in [0, 0.1) is 0 Å². The van der Waals surface area contributed by atoms with Crippen molar-refractivity contribution in [3.05, 3.63) is 42.7 Å². The highest BCUT2D eigenvalue weighted by molar-refractivity contribution is 7.16. The number of nitrogens with one attached hydrogen (secondary N) is 2. The van der Waals surface area contributed by atoms with Gasteiger partial charge in [-0.05, 0) is 37.6 Å². The van der Waals surface area contributed by atoms with Crippen molar-refractivity contribution in [2.24, 2.45) is 4.99 Å². The van der Waals surface area contributed by atoms with Gasteiger partial charge in [-0.3, -0.25) is 4.99 Å². The van der Waals surface area contributed by atoms with E-state index in [2.05, 4.69) is 15.6 Å². The van der Waals surface area contributed by atoms with Crippen LogP contribution in [0.25, 0.3) is 0 Å². The molecule has 1 atom stereocenters. The van der Waals surface area contributed by atoms with Crippen LogP contribution in [0.3, 0.4) is 0 Å². The number of aliphatic hydroxyl groups is 1. The maximum atomic E-state index is 10.1. The lowest BCUT2D eigenvalue weighted by atomic mass is 10.3. The van der Waals surface area contributed by atoms with Crippen molar-refractivity contribution in [3.8, 4) is 0 Å². The Bertz CT molecular complexity index is 642. The van der Waals surface area contributed by atoms with Crippen LogP contribution in [-0.4, -0.2) is 30.7 Å². The first-order valence-electron chi connectivity index (χ1n) is 7.28. The van der Waals surface area contributed by atoms with E-state index in [1.54, 1.807) is 17.4 Å². The lowest BCUT2D eigenvalue weighted by Gasteiger charge is -2.12. The van der Waals surface area contributed by atoms with Gasteiger partial charge in [-0.2, -0.15) is 0 Å². The summed E-state index contributed by atoms with van der Waals surface area (Å²) in [6.07, 6.45) is 0.240. The monoisotopic (exact) mass is 391 g/mol. The molecule has 2 aromatic heterocycles. The van der Waals surface area contributed by atoms with Crippen molar-refractivity contribution in [3.63, 3.8) is 0 Å². The molecule has 8 heteroatoms. The lowest BCUT2D eigenvalue weighted by Crippen LogP contribution is -2.38. The first kappa shape index (κ1) is 18.5. The molecule has 0 aliphatic rings. The summed E-state index contributed by atoms with van der Waals surface area (Å²) in [6, 6.07) is 7.55. The molecule has 0 amide bonds. The Hall–Kier alpha value is -0.790. The quantitative estimate of drug-likeness (QED) is 0.494. The minimum absolute atomic E-state index is 0.289. The summed E-state index contributed by atoms with van der Waals surface area (Å²) in [5.74, 6) is 0.692. The second-order valence-electron chi connectivity index (χ2n) is 4.76. The second-order valence-corrected chi connectivity index (χ2v) is 8.31. The average molecular weight is 392 g/mol. The molecule has 2 heterocycles. The van der Waals surface area contributed by atoms with E-state index in [1.807, 2.05) is 25.1 Å². The summed E-state index contributed by atoms with van der Waals surface area (Å²) in [6.45, 7) is 3.81. The molecule has 2 rings (SSSR count). The Morgan fingerprint density at radius 1 is 1.17 bits per heavy atom. The van der Waals surface area contributed by atoms with Crippen molar-refractivity contribution in [1.29, 1.82) is 0 Å². The number of nitrogens with zero attached hydrogens (tertiary/aromatic N) is 1. The molecule has 0 aromatic carbocycles. The molecule has 0 bridgehead atoms. The molecule has 0 saturated heterocycles. The fourth-order valence-electron chi connectivity index (χ4n) is 1.91. The molecule has 1 unspecified atom stereocenters. The van der Waals surface area contributed by atoms with Gasteiger partial charge in [0.15, 0.2) is 5.96 Å². The van der Waals surface area contributed by atoms with Gasteiger partial charge in [0.1, 0.15) is 6.10 Å². The number of thiophene rings is 2. The van der Waals surface area contributed by atoms with Gasteiger partial charge in [-0.25, -0.2) is 0 Å². The number of rotatable bonds is 7. The number of aliphatic hydroxyl groups excluding tert-OH is 1. The first-order chi connectivity index (χ1) is 11.1. The van der Waals surface area contributed by atoms with E-state index in [0.717, 1.165) is 28.7 Å². The molecule has 23 heavy (non-hydrogen) atoms. The fraction of sp³-hybridized carbons (Fsp3) is 0.400. The Morgan fingerprint density at radius 3 is 2.52 bits per heavy atom. The highest BCUT2D eigenvalue weighted by Crippen LogP contribution is 2.26. The Balaban J connectivity index is 1.84. The number of hydrogen-bond acceptors (Lipinski definition) is 4. The van der Waals surface area contributed by atoms with Gasteiger partial charge < -0.3 is 15.7 Å². The number of halogens is 2. The zero-order valence-corrected chi connectivity index (χ0v) is 15.8. The third-order valence-corrected chi connectivity index (χ3v) is 5.60. The first-order valence-corrected chi connectivity index (χ1v) is 9.67. The SMILES string of the molecule is CCNC(=NCC(O)c1ccc(Cl)s1)NCCc1ccc(Cl)s1.